The molecule has 2 amide bonds. The van der Waals surface area contributed by atoms with Gasteiger partial charge in [0.25, 0.3) is 0 Å². The summed E-state index contributed by atoms with van der Waals surface area (Å²) in [6, 6.07) is 13.7. The van der Waals surface area contributed by atoms with Crippen molar-refractivity contribution >= 4 is 52.9 Å². The molecule has 2 N–H and O–H groups in total. The summed E-state index contributed by atoms with van der Waals surface area (Å²) in [5, 5.41) is 14.9. The largest absolute Gasteiger partial charge is 0.465 e. The van der Waals surface area contributed by atoms with E-state index in [0.717, 1.165) is 5.56 Å². The second-order valence-electron chi connectivity index (χ2n) is 7.12. The number of methoxy groups -OCH3 is 1. The number of ether oxygens (including phenoxy) is 1. The van der Waals surface area contributed by atoms with Crippen molar-refractivity contribution in [1.29, 1.82) is 0 Å². The minimum absolute atomic E-state index is 0.0908. The Morgan fingerprint density at radius 3 is 2.69 bits per heavy atom. The number of halogens is 1. The lowest BCUT2D eigenvalue weighted by Crippen LogP contribution is -2.22. The fourth-order valence-corrected chi connectivity index (χ4v) is 4.06. The van der Waals surface area contributed by atoms with Gasteiger partial charge in [0.15, 0.2) is 11.0 Å². The first-order valence-electron chi connectivity index (χ1n) is 10.6. The third-order valence-electron chi connectivity index (χ3n) is 4.75. The van der Waals surface area contributed by atoms with Crippen molar-refractivity contribution in [2.24, 2.45) is 0 Å². The molecule has 9 nitrogen and oxygen atoms in total. The van der Waals surface area contributed by atoms with Crippen molar-refractivity contribution < 1.29 is 19.1 Å². The number of aromatic nitrogens is 3. The van der Waals surface area contributed by atoms with Crippen molar-refractivity contribution in [3.63, 3.8) is 0 Å². The van der Waals surface area contributed by atoms with Gasteiger partial charge < -0.3 is 19.9 Å². The van der Waals surface area contributed by atoms with Crippen LogP contribution in [0.4, 0.5) is 5.69 Å². The van der Waals surface area contributed by atoms with Gasteiger partial charge in [0.1, 0.15) is 0 Å². The molecule has 2 aromatic carbocycles. The van der Waals surface area contributed by atoms with Crippen LogP contribution in [0, 0.1) is 0 Å². The van der Waals surface area contributed by atoms with Crippen LogP contribution >= 0.6 is 23.4 Å². The molecule has 0 aliphatic heterocycles. The summed E-state index contributed by atoms with van der Waals surface area (Å²) in [6.07, 6.45) is 3.05. The molecule has 182 valence electrons. The quantitative estimate of drug-likeness (QED) is 0.241. The average Bonchev–Trinajstić information content (AvgIpc) is 3.27. The summed E-state index contributed by atoms with van der Waals surface area (Å²) in [7, 11) is 1.30. The molecular weight excluding hydrogens is 490 g/mol. The molecular formula is C24H24ClN5O4S. The number of nitrogens with zero attached hydrogens (tertiary/aromatic N) is 3. The Morgan fingerprint density at radius 1 is 1.14 bits per heavy atom. The lowest BCUT2D eigenvalue weighted by atomic mass is 10.2. The fourth-order valence-electron chi connectivity index (χ4n) is 3.04. The Kier molecular flexibility index (Phi) is 9.45. The summed E-state index contributed by atoms with van der Waals surface area (Å²) in [5.74, 6) is -0.375. The van der Waals surface area contributed by atoms with Crippen LogP contribution in [0.15, 0.2) is 59.8 Å². The maximum Gasteiger partial charge on any atom is 0.337 e. The van der Waals surface area contributed by atoms with Gasteiger partial charge in [0.2, 0.25) is 11.8 Å². The molecule has 11 heteroatoms. The van der Waals surface area contributed by atoms with Crippen molar-refractivity contribution in [1.82, 2.24) is 20.1 Å². The van der Waals surface area contributed by atoms with Gasteiger partial charge in [-0.15, -0.1) is 10.2 Å². The van der Waals surface area contributed by atoms with E-state index in [1.54, 1.807) is 36.4 Å². The van der Waals surface area contributed by atoms with E-state index in [2.05, 4.69) is 20.8 Å². The monoisotopic (exact) mass is 513 g/mol. The standard InChI is InChI=1S/C24H24ClN5O4S/c1-3-30-20(14-26-21(31)12-11-16-7-4-5-10-19(16)25)28-29-24(30)35-15-22(32)27-18-9-6-8-17(13-18)23(33)34-2/h4-13H,3,14-15H2,1-2H3,(H,26,31)(H,27,32)/b12-11+. The number of hydrogen-bond donors (Lipinski definition) is 2. The molecule has 0 saturated carbocycles. The molecule has 3 rings (SSSR count). The number of esters is 1. The zero-order valence-electron chi connectivity index (χ0n) is 19.2. The minimum atomic E-state index is -0.481. The molecule has 0 unspecified atom stereocenters. The van der Waals surface area contributed by atoms with Crippen LogP contribution in [0.25, 0.3) is 6.08 Å². The zero-order chi connectivity index (χ0) is 25.2. The first kappa shape index (κ1) is 26.0. The summed E-state index contributed by atoms with van der Waals surface area (Å²) in [5.41, 5.74) is 1.58. The Balaban J connectivity index is 1.54. The maximum atomic E-state index is 12.4. The highest BCUT2D eigenvalue weighted by molar-refractivity contribution is 7.99. The van der Waals surface area contributed by atoms with Gasteiger partial charge >= 0.3 is 5.97 Å². The molecule has 0 fully saturated rings. The lowest BCUT2D eigenvalue weighted by molar-refractivity contribution is -0.116. The Hall–Kier alpha value is -3.63. The van der Waals surface area contributed by atoms with E-state index >= 15 is 0 Å². The maximum absolute atomic E-state index is 12.4. The van der Waals surface area contributed by atoms with Gasteiger partial charge in [-0.1, -0.05) is 47.6 Å². The first-order chi connectivity index (χ1) is 16.9. The number of anilines is 1. The van der Waals surface area contributed by atoms with E-state index in [1.807, 2.05) is 29.7 Å². The van der Waals surface area contributed by atoms with E-state index in [-0.39, 0.29) is 24.1 Å². The van der Waals surface area contributed by atoms with Crippen LogP contribution in [0.2, 0.25) is 5.02 Å². The second-order valence-corrected chi connectivity index (χ2v) is 8.47. The average molecular weight is 514 g/mol. The number of amides is 2. The molecule has 1 heterocycles. The zero-order valence-corrected chi connectivity index (χ0v) is 20.7. The highest BCUT2D eigenvalue weighted by atomic mass is 35.5. The van der Waals surface area contributed by atoms with Crippen LogP contribution < -0.4 is 10.6 Å². The summed E-state index contributed by atoms with van der Waals surface area (Å²) >= 11 is 7.31. The van der Waals surface area contributed by atoms with E-state index in [1.165, 1.54) is 24.9 Å². The summed E-state index contributed by atoms with van der Waals surface area (Å²) < 4.78 is 6.52. The van der Waals surface area contributed by atoms with Crippen LogP contribution in [-0.2, 0) is 27.4 Å². The molecule has 0 radical (unpaired) electrons. The van der Waals surface area contributed by atoms with Crippen molar-refractivity contribution in [2.75, 3.05) is 18.2 Å². The molecule has 1 aromatic heterocycles. The Labute approximate surface area is 211 Å². The minimum Gasteiger partial charge on any atom is -0.465 e. The summed E-state index contributed by atoms with van der Waals surface area (Å²) in [6.45, 7) is 2.67. The number of carbonyl (C=O) groups is 3. The fraction of sp³-hybridized carbons (Fsp3) is 0.208. The number of benzene rings is 2. The number of rotatable bonds is 10. The highest BCUT2D eigenvalue weighted by Crippen LogP contribution is 2.19. The lowest BCUT2D eigenvalue weighted by Gasteiger charge is -2.09. The second kappa shape index (κ2) is 12.7. The number of thioether (sulfide) groups is 1. The predicted octanol–water partition coefficient (Wildman–Crippen LogP) is 3.80. The van der Waals surface area contributed by atoms with Gasteiger partial charge in [-0.05, 0) is 42.8 Å². The number of nitrogens with one attached hydrogen (secondary N) is 2. The molecule has 0 atom stereocenters. The van der Waals surface area contributed by atoms with Crippen LogP contribution in [0.3, 0.4) is 0 Å². The normalized spacial score (nSPS) is 10.8. The summed E-state index contributed by atoms with van der Waals surface area (Å²) in [4.78, 5) is 36.2. The Bertz CT molecular complexity index is 1240. The third-order valence-corrected chi connectivity index (χ3v) is 6.06. The topological polar surface area (TPSA) is 115 Å². The van der Waals surface area contributed by atoms with E-state index in [0.29, 0.717) is 33.8 Å². The van der Waals surface area contributed by atoms with Crippen LogP contribution in [0.1, 0.15) is 28.7 Å². The molecule has 0 spiro atoms. The Morgan fingerprint density at radius 2 is 1.94 bits per heavy atom. The highest BCUT2D eigenvalue weighted by Gasteiger charge is 2.14. The van der Waals surface area contributed by atoms with Gasteiger partial charge in [0.05, 0.1) is 25.0 Å². The van der Waals surface area contributed by atoms with Crippen LogP contribution in [0.5, 0.6) is 0 Å². The van der Waals surface area contributed by atoms with Gasteiger partial charge in [-0.25, -0.2) is 4.79 Å². The molecule has 0 aliphatic carbocycles. The molecule has 0 saturated heterocycles. The third kappa shape index (κ3) is 7.43. The van der Waals surface area contributed by atoms with Gasteiger partial charge in [0, 0.05) is 23.3 Å². The van der Waals surface area contributed by atoms with Crippen molar-refractivity contribution in [2.45, 2.75) is 25.2 Å². The number of hydrogen-bond acceptors (Lipinski definition) is 7. The van der Waals surface area contributed by atoms with Crippen molar-refractivity contribution in [3.05, 3.63) is 76.6 Å². The number of carbonyl (C=O) groups excluding carboxylic acids is 3. The van der Waals surface area contributed by atoms with Gasteiger partial charge in [-0.2, -0.15) is 0 Å². The van der Waals surface area contributed by atoms with E-state index in [9.17, 15) is 14.4 Å². The van der Waals surface area contributed by atoms with Crippen molar-refractivity contribution in [3.8, 4) is 0 Å². The molecule has 0 bridgehead atoms. The van der Waals surface area contributed by atoms with Crippen LogP contribution in [-0.4, -0.2) is 45.4 Å². The van der Waals surface area contributed by atoms with E-state index in [4.69, 9.17) is 16.3 Å². The van der Waals surface area contributed by atoms with Gasteiger partial charge in [-0.3, -0.25) is 9.59 Å². The SMILES string of the molecule is CCn1c(CNC(=O)/C=C/c2ccccc2Cl)nnc1SCC(=O)Nc1cccc(C(=O)OC)c1. The predicted molar refractivity (Wildman–Crippen MR) is 135 cm³/mol. The first-order valence-corrected chi connectivity index (χ1v) is 12.0. The molecule has 3 aromatic rings. The molecule has 35 heavy (non-hydrogen) atoms. The van der Waals surface area contributed by atoms with E-state index < -0.39 is 5.97 Å². The smallest absolute Gasteiger partial charge is 0.337 e. The molecule has 0 aliphatic rings.